The molecule has 0 aliphatic heterocycles. The van der Waals surface area contributed by atoms with Crippen LogP contribution in [0, 0.1) is 0 Å². The summed E-state index contributed by atoms with van der Waals surface area (Å²) in [6, 6.07) is 0.569. The zero-order chi connectivity index (χ0) is 11.0. The molecule has 1 N–H and O–H groups in total. The summed E-state index contributed by atoms with van der Waals surface area (Å²) in [5.41, 5.74) is 0. The number of rotatable bonds is 7. The van der Waals surface area contributed by atoms with Gasteiger partial charge in [0.15, 0.2) is 0 Å². The Balaban J connectivity index is 3.32. The number of hydrogen-bond donors (Lipinski definition) is 1. The van der Waals surface area contributed by atoms with E-state index in [4.69, 9.17) is 4.74 Å². The lowest BCUT2D eigenvalue weighted by atomic mass is 10.3. The van der Waals surface area contributed by atoms with Crippen LogP contribution in [0.4, 0.5) is 0 Å². The summed E-state index contributed by atoms with van der Waals surface area (Å²) in [6.45, 7) is 13.6. The third-order valence-corrected chi connectivity index (χ3v) is 3.24. The fraction of sp³-hybridized carbons (Fsp3) is 1.00. The predicted molar refractivity (Wildman–Crippen MR) is 66.2 cm³/mol. The highest BCUT2D eigenvalue weighted by Gasteiger charge is 2.12. The maximum absolute atomic E-state index is 5.26. The van der Waals surface area contributed by atoms with Crippen molar-refractivity contribution < 1.29 is 4.74 Å². The molecule has 1 atom stereocenters. The first-order valence-corrected chi connectivity index (χ1v) is 6.39. The Kier molecular flexibility index (Phi) is 7.69. The largest absolute Gasteiger partial charge is 0.380 e. The van der Waals surface area contributed by atoms with E-state index in [1.807, 2.05) is 18.7 Å². The minimum absolute atomic E-state index is 0.371. The van der Waals surface area contributed by atoms with Crippen molar-refractivity contribution in [3.8, 4) is 0 Å². The quantitative estimate of drug-likeness (QED) is 0.665. The molecule has 1 unspecified atom stereocenters. The molecule has 0 saturated carbocycles. The fourth-order valence-electron chi connectivity index (χ4n) is 0.956. The van der Waals surface area contributed by atoms with Crippen molar-refractivity contribution in [1.29, 1.82) is 0 Å². The van der Waals surface area contributed by atoms with E-state index in [2.05, 4.69) is 33.0 Å². The SMILES string of the molecule is CCOCCNC(C)CSC(C)(C)C. The highest BCUT2D eigenvalue weighted by Crippen LogP contribution is 2.23. The van der Waals surface area contributed by atoms with E-state index >= 15 is 0 Å². The average Bonchev–Trinajstić information content (AvgIpc) is 2.08. The Morgan fingerprint density at radius 3 is 2.50 bits per heavy atom. The molecule has 0 heterocycles. The molecule has 3 heteroatoms. The molecule has 0 fully saturated rings. The molecule has 0 bridgehead atoms. The van der Waals surface area contributed by atoms with Gasteiger partial charge in [-0.25, -0.2) is 0 Å². The first-order valence-electron chi connectivity index (χ1n) is 5.41. The van der Waals surface area contributed by atoms with Crippen molar-refractivity contribution in [1.82, 2.24) is 5.32 Å². The van der Waals surface area contributed by atoms with Gasteiger partial charge in [-0.3, -0.25) is 0 Å². The van der Waals surface area contributed by atoms with Gasteiger partial charge in [-0.1, -0.05) is 20.8 Å². The Morgan fingerprint density at radius 1 is 1.36 bits per heavy atom. The van der Waals surface area contributed by atoms with Crippen molar-refractivity contribution in [2.75, 3.05) is 25.5 Å². The van der Waals surface area contributed by atoms with Gasteiger partial charge in [0, 0.05) is 29.7 Å². The molecule has 0 rings (SSSR count). The first-order chi connectivity index (χ1) is 6.45. The molecule has 14 heavy (non-hydrogen) atoms. The van der Waals surface area contributed by atoms with E-state index in [9.17, 15) is 0 Å². The molecular formula is C11H25NOS. The number of thioether (sulfide) groups is 1. The van der Waals surface area contributed by atoms with Crippen LogP contribution in [0.2, 0.25) is 0 Å². The highest BCUT2D eigenvalue weighted by atomic mass is 32.2. The predicted octanol–water partition coefficient (Wildman–Crippen LogP) is 2.53. The Hall–Kier alpha value is 0.270. The minimum atomic E-state index is 0.371. The van der Waals surface area contributed by atoms with Crippen LogP contribution in [0.3, 0.4) is 0 Å². The smallest absolute Gasteiger partial charge is 0.0590 e. The van der Waals surface area contributed by atoms with Crippen molar-refractivity contribution in [3.05, 3.63) is 0 Å². The van der Waals surface area contributed by atoms with Crippen LogP contribution in [0.1, 0.15) is 34.6 Å². The zero-order valence-corrected chi connectivity index (χ0v) is 11.0. The molecule has 0 amide bonds. The molecular weight excluding hydrogens is 194 g/mol. The van der Waals surface area contributed by atoms with Gasteiger partial charge in [-0.15, -0.1) is 0 Å². The zero-order valence-electron chi connectivity index (χ0n) is 10.2. The van der Waals surface area contributed by atoms with E-state index in [1.54, 1.807) is 0 Å². The van der Waals surface area contributed by atoms with E-state index < -0.39 is 0 Å². The van der Waals surface area contributed by atoms with Crippen molar-refractivity contribution in [2.24, 2.45) is 0 Å². The molecule has 0 saturated heterocycles. The first kappa shape index (κ1) is 14.3. The maximum Gasteiger partial charge on any atom is 0.0590 e. The van der Waals surface area contributed by atoms with Crippen LogP contribution in [0.25, 0.3) is 0 Å². The van der Waals surface area contributed by atoms with Crippen molar-refractivity contribution in [3.63, 3.8) is 0 Å². The second-order valence-corrected chi connectivity index (χ2v) is 6.32. The second-order valence-electron chi connectivity index (χ2n) is 4.48. The molecule has 0 aromatic carbocycles. The normalized spacial score (nSPS) is 14.4. The van der Waals surface area contributed by atoms with Gasteiger partial charge in [0.25, 0.3) is 0 Å². The molecule has 0 spiro atoms. The third-order valence-electron chi connectivity index (χ3n) is 1.71. The summed E-state index contributed by atoms with van der Waals surface area (Å²) < 4.78 is 5.63. The van der Waals surface area contributed by atoms with Gasteiger partial charge in [-0.2, -0.15) is 11.8 Å². The number of hydrogen-bond acceptors (Lipinski definition) is 3. The summed E-state index contributed by atoms with van der Waals surface area (Å²) in [7, 11) is 0. The molecule has 86 valence electrons. The van der Waals surface area contributed by atoms with Crippen LogP contribution in [-0.4, -0.2) is 36.3 Å². The maximum atomic E-state index is 5.26. The van der Waals surface area contributed by atoms with E-state index in [0.717, 1.165) is 25.5 Å². The Morgan fingerprint density at radius 2 is 2.00 bits per heavy atom. The lowest BCUT2D eigenvalue weighted by Gasteiger charge is -2.21. The summed E-state index contributed by atoms with van der Waals surface area (Å²) in [5, 5.41) is 3.44. The van der Waals surface area contributed by atoms with E-state index in [1.165, 1.54) is 0 Å². The van der Waals surface area contributed by atoms with Crippen LogP contribution in [0.5, 0.6) is 0 Å². The lowest BCUT2D eigenvalue weighted by Crippen LogP contribution is -2.32. The monoisotopic (exact) mass is 219 g/mol. The van der Waals surface area contributed by atoms with Crippen LogP contribution >= 0.6 is 11.8 Å². The summed E-state index contributed by atoms with van der Waals surface area (Å²) in [4.78, 5) is 0. The molecule has 0 aliphatic carbocycles. The molecule has 0 aromatic heterocycles. The Labute approximate surface area is 93.2 Å². The van der Waals surface area contributed by atoms with Crippen molar-refractivity contribution in [2.45, 2.75) is 45.4 Å². The lowest BCUT2D eigenvalue weighted by molar-refractivity contribution is 0.148. The summed E-state index contributed by atoms with van der Waals surface area (Å²) >= 11 is 2.00. The Bertz CT molecular complexity index is 134. The highest BCUT2D eigenvalue weighted by molar-refractivity contribution is 8.00. The number of ether oxygens (including phenoxy) is 1. The van der Waals surface area contributed by atoms with Gasteiger partial charge < -0.3 is 10.1 Å². The van der Waals surface area contributed by atoms with E-state index in [-0.39, 0.29) is 0 Å². The van der Waals surface area contributed by atoms with Gasteiger partial charge >= 0.3 is 0 Å². The van der Waals surface area contributed by atoms with Crippen molar-refractivity contribution >= 4 is 11.8 Å². The van der Waals surface area contributed by atoms with Crippen LogP contribution in [-0.2, 0) is 4.74 Å². The topological polar surface area (TPSA) is 21.3 Å². The third kappa shape index (κ3) is 10.4. The standard InChI is InChI=1S/C11H25NOS/c1-6-13-8-7-12-10(2)9-14-11(3,4)5/h10,12H,6-9H2,1-5H3. The van der Waals surface area contributed by atoms with Crippen LogP contribution < -0.4 is 5.32 Å². The average molecular weight is 219 g/mol. The van der Waals surface area contributed by atoms with Gasteiger partial charge in [0.1, 0.15) is 0 Å². The minimum Gasteiger partial charge on any atom is -0.380 e. The molecule has 0 aliphatic rings. The van der Waals surface area contributed by atoms with Gasteiger partial charge in [-0.05, 0) is 13.8 Å². The molecule has 2 nitrogen and oxygen atoms in total. The second kappa shape index (κ2) is 7.55. The summed E-state index contributed by atoms with van der Waals surface area (Å²) in [6.07, 6.45) is 0. The molecule has 0 radical (unpaired) electrons. The number of nitrogens with one attached hydrogen (secondary N) is 1. The van der Waals surface area contributed by atoms with E-state index in [0.29, 0.717) is 10.8 Å². The summed E-state index contributed by atoms with van der Waals surface area (Å²) in [5.74, 6) is 1.16. The molecule has 0 aromatic rings. The van der Waals surface area contributed by atoms with Crippen LogP contribution in [0.15, 0.2) is 0 Å². The van der Waals surface area contributed by atoms with Gasteiger partial charge in [0.05, 0.1) is 6.61 Å². The fourth-order valence-corrected chi connectivity index (χ4v) is 1.82. The van der Waals surface area contributed by atoms with Gasteiger partial charge in [0.2, 0.25) is 0 Å².